The first-order valence-corrected chi connectivity index (χ1v) is 7.56. The number of carbonyl (C=O) groups excluding carboxylic acids is 3. The highest BCUT2D eigenvalue weighted by molar-refractivity contribution is 6.01. The molecule has 0 spiro atoms. The number of benzene rings is 2. The van der Waals surface area contributed by atoms with E-state index in [2.05, 4.69) is 5.32 Å². The summed E-state index contributed by atoms with van der Waals surface area (Å²) in [4.78, 5) is 35.4. The Labute approximate surface area is 148 Å². The molecule has 0 radical (unpaired) electrons. The molecule has 2 aromatic rings. The van der Waals surface area contributed by atoms with E-state index in [1.165, 1.54) is 13.0 Å². The SMILES string of the molecule is CC(=O)N/C(=C\c1ccccc1)C(=O)OCC(=O)c1cc(F)ccc1F. The van der Waals surface area contributed by atoms with Crippen molar-refractivity contribution in [2.45, 2.75) is 6.92 Å². The molecule has 0 saturated heterocycles. The third-order valence-corrected chi connectivity index (χ3v) is 3.20. The van der Waals surface area contributed by atoms with Gasteiger partial charge in [-0.2, -0.15) is 0 Å². The van der Waals surface area contributed by atoms with E-state index >= 15 is 0 Å². The Hall–Kier alpha value is -3.35. The normalized spacial score (nSPS) is 11.0. The highest BCUT2D eigenvalue weighted by atomic mass is 19.1. The number of ketones is 1. The van der Waals surface area contributed by atoms with Crippen LogP contribution in [-0.4, -0.2) is 24.3 Å². The quantitative estimate of drug-likeness (QED) is 0.489. The van der Waals surface area contributed by atoms with Gasteiger partial charge in [-0.15, -0.1) is 0 Å². The van der Waals surface area contributed by atoms with E-state index in [1.807, 2.05) is 0 Å². The third kappa shape index (κ3) is 5.34. The molecule has 2 rings (SSSR count). The molecule has 0 fully saturated rings. The predicted octanol–water partition coefficient (Wildman–Crippen LogP) is 2.87. The number of nitrogens with one attached hydrogen (secondary N) is 1. The van der Waals surface area contributed by atoms with Gasteiger partial charge in [0, 0.05) is 6.92 Å². The fourth-order valence-electron chi connectivity index (χ4n) is 2.05. The molecule has 0 aliphatic heterocycles. The van der Waals surface area contributed by atoms with E-state index in [0.717, 1.165) is 18.2 Å². The summed E-state index contributed by atoms with van der Waals surface area (Å²) in [5.41, 5.74) is -0.0853. The molecule has 0 aliphatic rings. The summed E-state index contributed by atoms with van der Waals surface area (Å²) in [5, 5.41) is 2.31. The molecule has 0 heterocycles. The average Bonchev–Trinajstić information content (AvgIpc) is 2.61. The molecular formula is C19H15F2NO4. The number of hydrogen-bond donors (Lipinski definition) is 1. The summed E-state index contributed by atoms with van der Waals surface area (Å²) in [7, 11) is 0. The molecular weight excluding hydrogens is 344 g/mol. The third-order valence-electron chi connectivity index (χ3n) is 3.20. The Morgan fingerprint density at radius 1 is 1.08 bits per heavy atom. The van der Waals surface area contributed by atoms with Crippen molar-refractivity contribution in [3.63, 3.8) is 0 Å². The molecule has 0 saturated carbocycles. The maximum Gasteiger partial charge on any atom is 0.355 e. The molecule has 1 amide bonds. The van der Waals surface area contributed by atoms with Crippen LogP contribution < -0.4 is 5.32 Å². The van der Waals surface area contributed by atoms with Gasteiger partial charge in [-0.1, -0.05) is 30.3 Å². The van der Waals surface area contributed by atoms with Gasteiger partial charge in [0.05, 0.1) is 5.56 Å². The van der Waals surface area contributed by atoms with Gasteiger partial charge in [0.2, 0.25) is 11.7 Å². The van der Waals surface area contributed by atoms with Crippen LogP contribution in [0.15, 0.2) is 54.2 Å². The predicted molar refractivity (Wildman–Crippen MR) is 89.9 cm³/mol. The van der Waals surface area contributed by atoms with E-state index in [0.29, 0.717) is 5.56 Å². The lowest BCUT2D eigenvalue weighted by molar-refractivity contribution is -0.139. The monoisotopic (exact) mass is 359 g/mol. The molecule has 0 bridgehead atoms. The molecule has 26 heavy (non-hydrogen) atoms. The topological polar surface area (TPSA) is 72.5 Å². The number of amides is 1. The fraction of sp³-hybridized carbons (Fsp3) is 0.105. The van der Waals surface area contributed by atoms with Crippen molar-refractivity contribution in [3.8, 4) is 0 Å². The highest BCUT2D eigenvalue weighted by Gasteiger charge is 2.18. The molecule has 0 aliphatic carbocycles. The van der Waals surface area contributed by atoms with Crippen LogP contribution in [0.1, 0.15) is 22.8 Å². The van der Waals surface area contributed by atoms with Crippen LogP contribution in [0.3, 0.4) is 0 Å². The number of hydrogen-bond acceptors (Lipinski definition) is 4. The number of halogens is 2. The minimum absolute atomic E-state index is 0.184. The fourth-order valence-corrected chi connectivity index (χ4v) is 2.05. The van der Waals surface area contributed by atoms with Crippen molar-refractivity contribution >= 4 is 23.7 Å². The zero-order valence-electron chi connectivity index (χ0n) is 13.8. The first-order valence-electron chi connectivity index (χ1n) is 7.56. The lowest BCUT2D eigenvalue weighted by Crippen LogP contribution is -2.27. The molecule has 7 heteroatoms. The van der Waals surface area contributed by atoms with E-state index < -0.39 is 41.5 Å². The van der Waals surface area contributed by atoms with Gasteiger partial charge in [0.15, 0.2) is 6.61 Å². The molecule has 0 atom stereocenters. The summed E-state index contributed by atoms with van der Waals surface area (Å²) in [5.74, 6) is -4.10. The smallest absolute Gasteiger partial charge is 0.355 e. The summed E-state index contributed by atoms with van der Waals surface area (Å²) in [6.07, 6.45) is 1.37. The second kappa shape index (κ2) is 8.66. The summed E-state index contributed by atoms with van der Waals surface area (Å²) < 4.78 is 31.5. The second-order valence-corrected chi connectivity index (χ2v) is 5.27. The van der Waals surface area contributed by atoms with Crippen molar-refractivity contribution in [2.75, 3.05) is 6.61 Å². The largest absolute Gasteiger partial charge is 0.453 e. The van der Waals surface area contributed by atoms with Gasteiger partial charge in [-0.25, -0.2) is 13.6 Å². The van der Waals surface area contributed by atoms with Crippen molar-refractivity contribution in [1.82, 2.24) is 5.32 Å². The average molecular weight is 359 g/mol. The molecule has 1 N–H and O–H groups in total. The maximum absolute atomic E-state index is 13.6. The number of Topliss-reactive ketones (excluding diaryl/α,β-unsaturated/α-hetero) is 1. The molecule has 2 aromatic carbocycles. The Bertz CT molecular complexity index is 863. The van der Waals surface area contributed by atoms with Crippen LogP contribution in [-0.2, 0) is 14.3 Å². The zero-order valence-corrected chi connectivity index (χ0v) is 13.8. The van der Waals surface area contributed by atoms with Crippen molar-refractivity contribution < 1.29 is 27.9 Å². The Morgan fingerprint density at radius 3 is 2.42 bits per heavy atom. The summed E-state index contributed by atoms with van der Waals surface area (Å²) >= 11 is 0. The molecule has 0 aromatic heterocycles. The Kier molecular flexibility index (Phi) is 6.32. The lowest BCUT2D eigenvalue weighted by atomic mass is 10.1. The standard InChI is InChI=1S/C19H15F2NO4/c1-12(23)22-17(9-13-5-3-2-4-6-13)19(25)26-11-18(24)15-10-14(20)7-8-16(15)21/h2-10H,11H2,1H3,(H,22,23)/b17-9-. The minimum atomic E-state index is -0.978. The van der Waals surface area contributed by atoms with Crippen molar-refractivity contribution in [2.24, 2.45) is 0 Å². The molecule has 0 unspecified atom stereocenters. The highest BCUT2D eigenvalue weighted by Crippen LogP contribution is 2.11. The van der Waals surface area contributed by atoms with Crippen LogP contribution in [0.2, 0.25) is 0 Å². The zero-order chi connectivity index (χ0) is 19.1. The van der Waals surface area contributed by atoms with Gasteiger partial charge in [0.1, 0.15) is 17.3 Å². The summed E-state index contributed by atoms with van der Waals surface area (Å²) in [6, 6.07) is 11.0. The van der Waals surface area contributed by atoms with Crippen molar-refractivity contribution in [1.29, 1.82) is 0 Å². The number of esters is 1. The van der Waals surface area contributed by atoms with Gasteiger partial charge in [-0.05, 0) is 29.8 Å². The van der Waals surface area contributed by atoms with Crippen LogP contribution in [0.25, 0.3) is 6.08 Å². The Balaban J connectivity index is 2.12. The van der Waals surface area contributed by atoms with Crippen LogP contribution in [0.5, 0.6) is 0 Å². The first kappa shape index (κ1) is 19.0. The van der Waals surface area contributed by atoms with Gasteiger partial charge >= 0.3 is 5.97 Å². The number of rotatable bonds is 6. The van der Waals surface area contributed by atoms with Crippen LogP contribution in [0, 0.1) is 11.6 Å². The van der Waals surface area contributed by atoms with Crippen LogP contribution >= 0.6 is 0 Å². The van der Waals surface area contributed by atoms with Crippen LogP contribution in [0.4, 0.5) is 8.78 Å². The van der Waals surface area contributed by atoms with Crippen molar-refractivity contribution in [3.05, 3.63) is 77.0 Å². The minimum Gasteiger partial charge on any atom is -0.453 e. The van der Waals surface area contributed by atoms with E-state index in [9.17, 15) is 23.2 Å². The maximum atomic E-state index is 13.6. The van der Waals surface area contributed by atoms with Gasteiger partial charge in [-0.3, -0.25) is 9.59 Å². The van der Waals surface area contributed by atoms with E-state index in [1.54, 1.807) is 30.3 Å². The number of carbonyl (C=O) groups is 3. The summed E-state index contributed by atoms with van der Waals surface area (Å²) in [6.45, 7) is 0.407. The second-order valence-electron chi connectivity index (χ2n) is 5.27. The van der Waals surface area contributed by atoms with E-state index in [-0.39, 0.29) is 5.70 Å². The Morgan fingerprint density at radius 2 is 1.77 bits per heavy atom. The van der Waals surface area contributed by atoms with Gasteiger partial charge < -0.3 is 10.1 Å². The first-order chi connectivity index (χ1) is 12.4. The van der Waals surface area contributed by atoms with Gasteiger partial charge in [0.25, 0.3) is 0 Å². The molecule has 134 valence electrons. The molecule has 5 nitrogen and oxygen atoms in total. The lowest BCUT2D eigenvalue weighted by Gasteiger charge is -2.09. The number of ether oxygens (including phenoxy) is 1. The van der Waals surface area contributed by atoms with E-state index in [4.69, 9.17) is 4.74 Å².